The van der Waals surface area contributed by atoms with E-state index in [1.807, 2.05) is 27.7 Å². The van der Waals surface area contributed by atoms with Crippen LogP contribution in [-0.2, 0) is 12.8 Å². The molecule has 0 heteroatoms. The van der Waals surface area contributed by atoms with Gasteiger partial charge in [0.2, 0.25) is 0 Å². The zero-order chi connectivity index (χ0) is 13.6. The molecule has 2 aromatic carbocycles. The van der Waals surface area contributed by atoms with Gasteiger partial charge in [0.1, 0.15) is 0 Å². The average molecular weight is 242 g/mol. The highest BCUT2D eigenvalue weighted by atomic mass is 14.0. The standard InChI is InChI=1S/C14H14.2C2H6/c1-3-7-13(8-4-1)11-12-14-9-5-2-6-10-14;2*1-2/h1-10H,11-12H2;2*1-2H3. The molecule has 98 valence electrons. The third-order valence-electron chi connectivity index (χ3n) is 2.39. The second-order valence-electron chi connectivity index (χ2n) is 3.47. The molecule has 0 fully saturated rings. The minimum absolute atomic E-state index is 1.13. The topological polar surface area (TPSA) is 0 Å². The van der Waals surface area contributed by atoms with Crippen molar-refractivity contribution in [3.63, 3.8) is 0 Å². The minimum atomic E-state index is 1.13. The summed E-state index contributed by atoms with van der Waals surface area (Å²) in [5.74, 6) is 0. The molecule has 0 atom stereocenters. The van der Waals surface area contributed by atoms with Crippen LogP contribution in [0.4, 0.5) is 0 Å². The first-order chi connectivity index (χ1) is 8.95. The molecule has 2 aromatic rings. The maximum Gasteiger partial charge on any atom is -0.0238 e. The molecule has 0 heterocycles. The number of hydrogen-bond acceptors (Lipinski definition) is 0. The molecule has 0 aliphatic heterocycles. The molecule has 2 rings (SSSR count). The van der Waals surface area contributed by atoms with Crippen molar-refractivity contribution in [2.24, 2.45) is 0 Å². The van der Waals surface area contributed by atoms with Gasteiger partial charge in [-0.1, -0.05) is 88.4 Å². The van der Waals surface area contributed by atoms with Gasteiger partial charge in [0.25, 0.3) is 0 Å². The summed E-state index contributed by atoms with van der Waals surface area (Å²) in [4.78, 5) is 0. The van der Waals surface area contributed by atoms with E-state index in [4.69, 9.17) is 0 Å². The van der Waals surface area contributed by atoms with Crippen molar-refractivity contribution >= 4 is 0 Å². The summed E-state index contributed by atoms with van der Waals surface area (Å²) in [6, 6.07) is 21.2. The Morgan fingerprint density at radius 3 is 1.06 bits per heavy atom. The molecule has 0 spiro atoms. The molecule has 0 bridgehead atoms. The van der Waals surface area contributed by atoms with Gasteiger partial charge in [0.05, 0.1) is 0 Å². The Kier molecular flexibility index (Phi) is 10.9. The zero-order valence-electron chi connectivity index (χ0n) is 12.2. The van der Waals surface area contributed by atoms with Crippen LogP contribution in [0.2, 0.25) is 0 Å². The Morgan fingerprint density at radius 1 is 0.500 bits per heavy atom. The third-order valence-corrected chi connectivity index (χ3v) is 2.39. The first-order valence-electron chi connectivity index (χ1n) is 7.03. The summed E-state index contributed by atoms with van der Waals surface area (Å²) in [5, 5.41) is 0. The molecule has 0 amide bonds. The minimum Gasteiger partial charge on any atom is -0.0683 e. The van der Waals surface area contributed by atoms with Gasteiger partial charge in [-0.3, -0.25) is 0 Å². The molecule has 0 nitrogen and oxygen atoms in total. The van der Waals surface area contributed by atoms with E-state index >= 15 is 0 Å². The second-order valence-corrected chi connectivity index (χ2v) is 3.47. The molecule has 18 heavy (non-hydrogen) atoms. The van der Waals surface area contributed by atoms with Crippen molar-refractivity contribution in [3.8, 4) is 0 Å². The summed E-state index contributed by atoms with van der Waals surface area (Å²) >= 11 is 0. The zero-order valence-corrected chi connectivity index (χ0v) is 12.2. The molecule has 0 saturated carbocycles. The van der Waals surface area contributed by atoms with Crippen LogP contribution in [0.1, 0.15) is 38.8 Å². The van der Waals surface area contributed by atoms with Gasteiger partial charge in [-0.2, -0.15) is 0 Å². The summed E-state index contributed by atoms with van der Waals surface area (Å²) in [5.41, 5.74) is 2.83. The highest BCUT2D eigenvalue weighted by Crippen LogP contribution is 2.06. The third kappa shape index (κ3) is 6.90. The Labute approximate surface area is 113 Å². The quantitative estimate of drug-likeness (QED) is 0.664. The highest BCUT2D eigenvalue weighted by Gasteiger charge is 1.93. The number of aryl methyl sites for hydroxylation is 2. The molecular formula is C18H26. The molecule has 0 aromatic heterocycles. The van der Waals surface area contributed by atoms with Crippen LogP contribution in [0.3, 0.4) is 0 Å². The molecule has 0 aliphatic carbocycles. The summed E-state index contributed by atoms with van der Waals surface area (Å²) in [7, 11) is 0. The van der Waals surface area contributed by atoms with E-state index in [0.717, 1.165) is 12.8 Å². The van der Waals surface area contributed by atoms with E-state index in [9.17, 15) is 0 Å². The molecule has 0 N–H and O–H groups in total. The van der Waals surface area contributed by atoms with Crippen molar-refractivity contribution in [2.75, 3.05) is 0 Å². The van der Waals surface area contributed by atoms with Crippen molar-refractivity contribution < 1.29 is 0 Å². The van der Waals surface area contributed by atoms with Gasteiger partial charge in [-0.15, -0.1) is 0 Å². The lowest BCUT2D eigenvalue weighted by atomic mass is 10.0. The Balaban J connectivity index is 0.000000659. The number of rotatable bonds is 3. The first-order valence-corrected chi connectivity index (χ1v) is 7.03. The van der Waals surface area contributed by atoms with Crippen molar-refractivity contribution in [3.05, 3.63) is 71.8 Å². The fraction of sp³-hybridized carbons (Fsp3) is 0.333. The Hall–Kier alpha value is -1.56. The van der Waals surface area contributed by atoms with Crippen LogP contribution in [0, 0.1) is 0 Å². The predicted octanol–water partition coefficient (Wildman–Crippen LogP) is 5.52. The Morgan fingerprint density at radius 2 is 0.778 bits per heavy atom. The maximum atomic E-state index is 2.18. The van der Waals surface area contributed by atoms with Crippen LogP contribution in [-0.4, -0.2) is 0 Å². The first kappa shape index (κ1) is 16.4. The van der Waals surface area contributed by atoms with E-state index in [2.05, 4.69) is 60.7 Å². The van der Waals surface area contributed by atoms with Crippen LogP contribution < -0.4 is 0 Å². The summed E-state index contributed by atoms with van der Waals surface area (Å²) in [6.45, 7) is 8.00. The lowest BCUT2D eigenvalue weighted by Crippen LogP contribution is -1.89. The van der Waals surface area contributed by atoms with E-state index in [1.165, 1.54) is 11.1 Å². The largest absolute Gasteiger partial charge is 0.0683 e. The fourth-order valence-corrected chi connectivity index (χ4v) is 1.58. The maximum absolute atomic E-state index is 2.18. The molecule has 0 unspecified atom stereocenters. The van der Waals surface area contributed by atoms with Gasteiger partial charge in [0, 0.05) is 0 Å². The average Bonchev–Trinajstić information content (AvgIpc) is 2.51. The molecular weight excluding hydrogens is 216 g/mol. The molecule has 0 radical (unpaired) electrons. The normalized spacial score (nSPS) is 8.44. The van der Waals surface area contributed by atoms with Gasteiger partial charge in [-0.05, 0) is 24.0 Å². The number of hydrogen-bond donors (Lipinski definition) is 0. The highest BCUT2D eigenvalue weighted by molar-refractivity contribution is 5.19. The molecule has 0 saturated heterocycles. The van der Waals surface area contributed by atoms with E-state index in [1.54, 1.807) is 0 Å². The molecule has 0 aliphatic rings. The van der Waals surface area contributed by atoms with Gasteiger partial charge >= 0.3 is 0 Å². The van der Waals surface area contributed by atoms with Gasteiger partial charge < -0.3 is 0 Å². The van der Waals surface area contributed by atoms with E-state index in [-0.39, 0.29) is 0 Å². The second kappa shape index (κ2) is 11.9. The van der Waals surface area contributed by atoms with Crippen LogP contribution >= 0.6 is 0 Å². The smallest absolute Gasteiger partial charge is 0.0238 e. The van der Waals surface area contributed by atoms with Crippen molar-refractivity contribution in [1.82, 2.24) is 0 Å². The lowest BCUT2D eigenvalue weighted by molar-refractivity contribution is 0.960. The van der Waals surface area contributed by atoms with Gasteiger partial charge in [-0.25, -0.2) is 0 Å². The summed E-state index contributed by atoms with van der Waals surface area (Å²) in [6.07, 6.45) is 2.26. The lowest BCUT2D eigenvalue weighted by Gasteiger charge is -2.01. The Bertz CT molecular complexity index is 322. The van der Waals surface area contributed by atoms with Crippen LogP contribution in [0.15, 0.2) is 60.7 Å². The van der Waals surface area contributed by atoms with Crippen molar-refractivity contribution in [1.29, 1.82) is 0 Å². The van der Waals surface area contributed by atoms with Crippen LogP contribution in [0.25, 0.3) is 0 Å². The van der Waals surface area contributed by atoms with E-state index < -0.39 is 0 Å². The van der Waals surface area contributed by atoms with E-state index in [0.29, 0.717) is 0 Å². The fourth-order valence-electron chi connectivity index (χ4n) is 1.58. The number of benzene rings is 2. The monoisotopic (exact) mass is 242 g/mol. The van der Waals surface area contributed by atoms with Gasteiger partial charge in [0.15, 0.2) is 0 Å². The van der Waals surface area contributed by atoms with Crippen molar-refractivity contribution in [2.45, 2.75) is 40.5 Å². The predicted molar refractivity (Wildman–Crippen MR) is 83.0 cm³/mol. The summed E-state index contributed by atoms with van der Waals surface area (Å²) < 4.78 is 0. The SMILES string of the molecule is CC.CC.c1ccc(CCc2ccccc2)cc1. The van der Waals surface area contributed by atoms with Crippen LogP contribution in [0.5, 0.6) is 0 Å².